The topological polar surface area (TPSA) is 24.7 Å². The highest BCUT2D eigenvalue weighted by atomic mass is 19.1. The number of rotatable bonds is 10. The monoisotopic (exact) mass is 352 g/mol. The van der Waals surface area contributed by atoms with Gasteiger partial charge >= 0.3 is 0 Å². The van der Waals surface area contributed by atoms with E-state index in [1.165, 1.54) is 43.7 Å². The van der Waals surface area contributed by atoms with Crippen molar-refractivity contribution in [3.05, 3.63) is 70.5 Å². The summed E-state index contributed by atoms with van der Waals surface area (Å²) in [5.41, 5.74) is 3.82. The molecule has 3 heteroatoms. The molecule has 0 N–H and O–H groups in total. The van der Waals surface area contributed by atoms with Crippen LogP contribution in [0, 0.1) is 5.82 Å². The van der Waals surface area contributed by atoms with Crippen molar-refractivity contribution in [1.82, 2.24) is 0 Å². The Kier molecular flexibility index (Phi) is 8.74. The van der Waals surface area contributed by atoms with Crippen LogP contribution in [0.25, 0.3) is 0 Å². The maximum absolute atomic E-state index is 13.7. The second-order valence-corrected chi connectivity index (χ2v) is 6.60. The Morgan fingerprint density at radius 3 is 2.12 bits per heavy atom. The molecule has 0 spiro atoms. The Labute approximate surface area is 156 Å². The molecule has 2 aromatic rings. The van der Waals surface area contributed by atoms with Crippen LogP contribution in [0.5, 0.6) is 0 Å². The van der Waals surface area contributed by atoms with E-state index in [0.717, 1.165) is 23.1 Å². The summed E-state index contributed by atoms with van der Waals surface area (Å²) < 4.78 is 13.7. The molecule has 0 amide bonds. The molecule has 0 aliphatic heterocycles. The van der Waals surface area contributed by atoms with E-state index in [0.29, 0.717) is 6.42 Å². The van der Waals surface area contributed by atoms with Crippen molar-refractivity contribution in [1.29, 1.82) is 0 Å². The predicted octanol–water partition coefficient (Wildman–Crippen LogP) is 6.35. The standard InChI is InChI=1S/C23H29FN2/c1-3-5-6-7-8-9-19-10-12-20(13-11-19)17-25-26-18-21-14-15-22(4-2)23(24)16-21/h10-18H,3-9H2,1-2H3/b25-17+,26-18+. The molecule has 0 saturated carbocycles. The number of nitrogens with zero attached hydrogens (tertiary/aromatic N) is 2. The Hall–Kier alpha value is -2.29. The number of hydrogen-bond acceptors (Lipinski definition) is 2. The lowest BCUT2D eigenvalue weighted by molar-refractivity contribution is 0.612. The summed E-state index contributed by atoms with van der Waals surface area (Å²) in [7, 11) is 0. The average Bonchev–Trinajstić information content (AvgIpc) is 2.66. The summed E-state index contributed by atoms with van der Waals surface area (Å²) >= 11 is 0. The summed E-state index contributed by atoms with van der Waals surface area (Å²) in [6.45, 7) is 4.18. The largest absolute Gasteiger partial charge is 0.207 e. The molecule has 138 valence electrons. The zero-order valence-corrected chi connectivity index (χ0v) is 15.9. The average molecular weight is 352 g/mol. The van der Waals surface area contributed by atoms with Gasteiger partial charge in [-0.2, -0.15) is 10.2 Å². The highest BCUT2D eigenvalue weighted by molar-refractivity contribution is 5.82. The van der Waals surface area contributed by atoms with Gasteiger partial charge in [0.15, 0.2) is 0 Å². The van der Waals surface area contributed by atoms with E-state index in [9.17, 15) is 4.39 Å². The lowest BCUT2D eigenvalue weighted by Crippen LogP contribution is -1.90. The predicted molar refractivity (Wildman–Crippen MR) is 110 cm³/mol. The lowest BCUT2D eigenvalue weighted by Gasteiger charge is -2.02. The Balaban J connectivity index is 1.81. The Morgan fingerprint density at radius 1 is 0.808 bits per heavy atom. The second-order valence-electron chi connectivity index (χ2n) is 6.60. The van der Waals surface area contributed by atoms with Crippen molar-refractivity contribution in [2.24, 2.45) is 10.2 Å². The van der Waals surface area contributed by atoms with E-state index in [2.05, 4.69) is 41.4 Å². The molecule has 0 fully saturated rings. The van der Waals surface area contributed by atoms with Crippen LogP contribution in [-0.2, 0) is 12.8 Å². The third-order valence-corrected chi connectivity index (χ3v) is 4.49. The van der Waals surface area contributed by atoms with Gasteiger partial charge in [0, 0.05) is 0 Å². The van der Waals surface area contributed by atoms with Crippen LogP contribution in [0.1, 0.15) is 68.2 Å². The highest BCUT2D eigenvalue weighted by Crippen LogP contribution is 2.11. The summed E-state index contributed by atoms with van der Waals surface area (Å²) in [6.07, 6.45) is 11.7. The van der Waals surface area contributed by atoms with Gasteiger partial charge in [-0.3, -0.25) is 0 Å². The zero-order chi connectivity index (χ0) is 18.6. The fourth-order valence-corrected chi connectivity index (χ4v) is 2.83. The summed E-state index contributed by atoms with van der Waals surface area (Å²) in [5, 5.41) is 8.07. The molecule has 2 nitrogen and oxygen atoms in total. The van der Waals surface area contributed by atoms with Crippen molar-refractivity contribution in [3.8, 4) is 0 Å². The molecule has 2 rings (SSSR count). The van der Waals surface area contributed by atoms with Gasteiger partial charge in [0.05, 0.1) is 12.4 Å². The van der Waals surface area contributed by atoms with Crippen LogP contribution in [-0.4, -0.2) is 12.4 Å². The first kappa shape index (κ1) is 20.0. The number of benzene rings is 2. The van der Waals surface area contributed by atoms with Gasteiger partial charge in [0.2, 0.25) is 0 Å². The quantitative estimate of drug-likeness (QED) is 0.270. The summed E-state index contributed by atoms with van der Waals surface area (Å²) in [4.78, 5) is 0. The van der Waals surface area contributed by atoms with E-state index >= 15 is 0 Å². The van der Waals surface area contributed by atoms with E-state index in [1.807, 2.05) is 13.0 Å². The van der Waals surface area contributed by atoms with Crippen LogP contribution in [0.3, 0.4) is 0 Å². The molecule has 0 heterocycles. The number of aryl methyl sites for hydroxylation is 2. The molecule has 0 unspecified atom stereocenters. The third kappa shape index (κ3) is 6.91. The molecule has 0 aliphatic rings. The molecule has 26 heavy (non-hydrogen) atoms. The van der Waals surface area contributed by atoms with Crippen LogP contribution >= 0.6 is 0 Å². The van der Waals surface area contributed by atoms with Gasteiger partial charge in [0.25, 0.3) is 0 Å². The van der Waals surface area contributed by atoms with Crippen LogP contribution < -0.4 is 0 Å². The third-order valence-electron chi connectivity index (χ3n) is 4.49. The fourth-order valence-electron chi connectivity index (χ4n) is 2.83. The van der Waals surface area contributed by atoms with E-state index in [1.54, 1.807) is 18.5 Å². The van der Waals surface area contributed by atoms with Crippen molar-refractivity contribution < 1.29 is 4.39 Å². The lowest BCUT2D eigenvalue weighted by atomic mass is 10.0. The fraction of sp³-hybridized carbons (Fsp3) is 0.391. The number of unbranched alkanes of at least 4 members (excludes halogenated alkanes) is 4. The zero-order valence-electron chi connectivity index (χ0n) is 15.9. The first-order chi connectivity index (χ1) is 12.7. The summed E-state index contributed by atoms with van der Waals surface area (Å²) in [6, 6.07) is 13.6. The minimum Gasteiger partial charge on any atom is -0.207 e. The van der Waals surface area contributed by atoms with Crippen LogP contribution in [0.4, 0.5) is 4.39 Å². The SMILES string of the molecule is CCCCCCCc1ccc(/C=N/N=C/c2ccc(CC)c(F)c2)cc1. The van der Waals surface area contributed by atoms with Crippen molar-refractivity contribution in [3.63, 3.8) is 0 Å². The molecule has 0 aliphatic carbocycles. The number of hydrogen-bond donors (Lipinski definition) is 0. The minimum absolute atomic E-state index is 0.189. The van der Waals surface area contributed by atoms with Crippen LogP contribution in [0.2, 0.25) is 0 Å². The van der Waals surface area contributed by atoms with Crippen molar-refractivity contribution >= 4 is 12.4 Å². The van der Waals surface area contributed by atoms with Crippen LogP contribution in [0.15, 0.2) is 52.7 Å². The molecule has 0 radical (unpaired) electrons. The first-order valence-corrected chi connectivity index (χ1v) is 9.66. The number of halogens is 1. The van der Waals surface area contributed by atoms with Gasteiger partial charge in [-0.15, -0.1) is 0 Å². The van der Waals surface area contributed by atoms with Crippen molar-refractivity contribution in [2.75, 3.05) is 0 Å². The second kappa shape index (κ2) is 11.3. The van der Waals surface area contributed by atoms with E-state index in [4.69, 9.17) is 0 Å². The molecule has 0 atom stereocenters. The summed E-state index contributed by atoms with van der Waals surface area (Å²) in [5.74, 6) is -0.189. The Bertz CT molecular complexity index is 717. The molecular weight excluding hydrogens is 323 g/mol. The van der Waals surface area contributed by atoms with Crippen molar-refractivity contribution in [2.45, 2.75) is 58.8 Å². The molecule has 0 aromatic heterocycles. The first-order valence-electron chi connectivity index (χ1n) is 9.66. The van der Waals surface area contributed by atoms with Gasteiger partial charge in [-0.05, 0) is 47.6 Å². The van der Waals surface area contributed by atoms with E-state index in [-0.39, 0.29) is 5.82 Å². The normalized spacial score (nSPS) is 11.7. The Morgan fingerprint density at radius 2 is 1.46 bits per heavy atom. The molecule has 2 aromatic carbocycles. The maximum Gasteiger partial charge on any atom is 0.127 e. The minimum atomic E-state index is -0.189. The molecule has 0 saturated heterocycles. The van der Waals surface area contributed by atoms with Gasteiger partial charge in [-0.25, -0.2) is 4.39 Å². The highest BCUT2D eigenvalue weighted by Gasteiger charge is 1.99. The van der Waals surface area contributed by atoms with Gasteiger partial charge in [0.1, 0.15) is 5.82 Å². The maximum atomic E-state index is 13.7. The van der Waals surface area contributed by atoms with E-state index < -0.39 is 0 Å². The molecular formula is C23H29FN2. The van der Waals surface area contributed by atoms with Gasteiger partial charge in [-0.1, -0.05) is 75.9 Å². The smallest absolute Gasteiger partial charge is 0.127 e. The molecule has 0 bridgehead atoms. The van der Waals surface area contributed by atoms with Gasteiger partial charge < -0.3 is 0 Å².